The van der Waals surface area contributed by atoms with Gasteiger partial charge in [0.1, 0.15) is 12.1 Å². The third-order valence-electron chi connectivity index (χ3n) is 3.99. The average molecular weight is 367 g/mol. The molecule has 0 amide bonds. The Kier molecular flexibility index (Phi) is 3.99. The summed E-state index contributed by atoms with van der Waals surface area (Å²) in [6.07, 6.45) is 3.19. The average Bonchev–Trinajstić information content (AvgIpc) is 2.64. The number of hydrogen-bond donors (Lipinski definition) is 1. The van der Waals surface area contributed by atoms with E-state index in [0.717, 1.165) is 33.3 Å². The van der Waals surface area contributed by atoms with Crippen molar-refractivity contribution in [3.63, 3.8) is 0 Å². The molecule has 0 aliphatic rings. The van der Waals surface area contributed by atoms with Crippen LogP contribution in [0.5, 0.6) is 0 Å². The Hall–Kier alpha value is -2.69. The predicted molar refractivity (Wildman–Crippen MR) is 103 cm³/mol. The Morgan fingerprint density at radius 2 is 1.68 bits per heavy atom. The lowest BCUT2D eigenvalue weighted by Crippen LogP contribution is -1.94. The molecule has 2 aromatic heterocycles. The predicted octanol–water partition coefficient (Wildman–Crippen LogP) is 5.25. The van der Waals surface area contributed by atoms with Gasteiger partial charge in [-0.25, -0.2) is 9.97 Å². The van der Waals surface area contributed by atoms with Crippen molar-refractivity contribution in [3.05, 3.63) is 71.1 Å². The van der Waals surface area contributed by atoms with Crippen molar-refractivity contribution in [2.24, 2.45) is 0 Å². The topological polar surface area (TPSA) is 64.7 Å². The number of pyridine rings is 1. The van der Waals surface area contributed by atoms with Crippen molar-refractivity contribution < 1.29 is 0 Å². The standard InChI is InChI=1S/C19H12Cl2N4/c20-15-5-1-3-13(17(15)21)18-12(4-2-8-23-18)11-6-7-16-14(9-11)19(22)25-10-24-16/h1-10H,(H2,22,24,25). The maximum atomic E-state index is 6.40. The number of rotatable bonds is 2. The molecule has 0 fully saturated rings. The molecule has 0 aliphatic heterocycles. The molecule has 4 aromatic rings. The number of aromatic nitrogens is 3. The first-order valence-electron chi connectivity index (χ1n) is 7.55. The summed E-state index contributed by atoms with van der Waals surface area (Å²) in [7, 11) is 0. The summed E-state index contributed by atoms with van der Waals surface area (Å²) in [5, 5.41) is 1.77. The van der Waals surface area contributed by atoms with Gasteiger partial charge in [-0.15, -0.1) is 0 Å². The lowest BCUT2D eigenvalue weighted by atomic mass is 9.98. The van der Waals surface area contributed by atoms with Crippen LogP contribution in [0.1, 0.15) is 0 Å². The molecule has 6 heteroatoms. The molecule has 25 heavy (non-hydrogen) atoms. The number of nitrogens with zero attached hydrogens (tertiary/aromatic N) is 3. The van der Waals surface area contributed by atoms with Crippen molar-refractivity contribution in [3.8, 4) is 22.4 Å². The summed E-state index contributed by atoms with van der Waals surface area (Å²) in [6.45, 7) is 0. The minimum atomic E-state index is 0.443. The lowest BCUT2D eigenvalue weighted by Gasteiger charge is -2.12. The first kappa shape index (κ1) is 15.8. The van der Waals surface area contributed by atoms with E-state index < -0.39 is 0 Å². The Bertz CT molecular complexity index is 1100. The first-order chi connectivity index (χ1) is 12.1. The van der Waals surface area contributed by atoms with E-state index in [-0.39, 0.29) is 0 Å². The highest BCUT2D eigenvalue weighted by molar-refractivity contribution is 6.43. The van der Waals surface area contributed by atoms with Gasteiger partial charge in [0.15, 0.2) is 0 Å². The number of halogens is 2. The molecular formula is C19H12Cl2N4. The van der Waals surface area contributed by atoms with E-state index in [0.29, 0.717) is 15.9 Å². The molecule has 122 valence electrons. The molecule has 0 saturated heterocycles. The highest BCUT2D eigenvalue weighted by Gasteiger charge is 2.14. The molecule has 4 nitrogen and oxygen atoms in total. The summed E-state index contributed by atoms with van der Waals surface area (Å²) in [4.78, 5) is 12.8. The van der Waals surface area contributed by atoms with Crippen LogP contribution in [0.25, 0.3) is 33.3 Å². The quantitative estimate of drug-likeness (QED) is 0.526. The van der Waals surface area contributed by atoms with Crippen molar-refractivity contribution in [1.29, 1.82) is 0 Å². The van der Waals surface area contributed by atoms with Crippen molar-refractivity contribution >= 4 is 39.9 Å². The fourth-order valence-corrected chi connectivity index (χ4v) is 3.17. The second kappa shape index (κ2) is 6.31. The molecular weight excluding hydrogens is 355 g/mol. The van der Waals surface area contributed by atoms with Crippen molar-refractivity contribution in [2.45, 2.75) is 0 Å². The number of anilines is 1. The van der Waals surface area contributed by atoms with Crippen LogP contribution in [0.3, 0.4) is 0 Å². The second-order valence-electron chi connectivity index (χ2n) is 5.49. The van der Waals surface area contributed by atoms with Crippen LogP contribution < -0.4 is 5.73 Å². The van der Waals surface area contributed by atoms with Crippen LogP contribution in [0.2, 0.25) is 10.0 Å². The Balaban J connectivity index is 1.96. The molecule has 0 unspecified atom stereocenters. The van der Waals surface area contributed by atoms with E-state index in [1.807, 2.05) is 42.5 Å². The minimum absolute atomic E-state index is 0.443. The number of hydrogen-bond acceptors (Lipinski definition) is 4. The number of fused-ring (bicyclic) bond motifs is 1. The molecule has 0 radical (unpaired) electrons. The van der Waals surface area contributed by atoms with E-state index in [2.05, 4.69) is 15.0 Å². The van der Waals surface area contributed by atoms with Gasteiger partial charge in [0.25, 0.3) is 0 Å². The Morgan fingerprint density at radius 3 is 2.56 bits per heavy atom. The summed E-state index contributed by atoms with van der Waals surface area (Å²) in [5.41, 5.74) is 10.2. The first-order valence-corrected chi connectivity index (χ1v) is 8.31. The van der Waals surface area contributed by atoms with Gasteiger partial charge in [-0.1, -0.05) is 47.5 Å². The zero-order valence-corrected chi connectivity index (χ0v) is 14.5. The van der Waals surface area contributed by atoms with Crippen LogP contribution in [0.15, 0.2) is 61.1 Å². The van der Waals surface area contributed by atoms with Gasteiger partial charge in [-0.2, -0.15) is 0 Å². The van der Waals surface area contributed by atoms with E-state index in [1.54, 1.807) is 12.3 Å². The normalized spacial score (nSPS) is 11.0. The molecule has 0 aliphatic carbocycles. The fourth-order valence-electron chi connectivity index (χ4n) is 2.78. The maximum Gasteiger partial charge on any atom is 0.134 e. The molecule has 0 saturated carbocycles. The second-order valence-corrected chi connectivity index (χ2v) is 6.28. The van der Waals surface area contributed by atoms with Crippen molar-refractivity contribution in [2.75, 3.05) is 5.73 Å². The smallest absolute Gasteiger partial charge is 0.134 e. The zero-order chi connectivity index (χ0) is 17.4. The monoisotopic (exact) mass is 366 g/mol. The highest BCUT2D eigenvalue weighted by atomic mass is 35.5. The van der Waals surface area contributed by atoms with Crippen LogP contribution in [-0.4, -0.2) is 15.0 Å². The summed E-state index contributed by atoms with van der Waals surface area (Å²) in [5.74, 6) is 0.443. The molecule has 2 N–H and O–H groups in total. The van der Waals surface area contributed by atoms with Crippen LogP contribution >= 0.6 is 23.2 Å². The molecule has 0 bridgehead atoms. The molecule has 2 aromatic carbocycles. The highest BCUT2D eigenvalue weighted by Crippen LogP contribution is 2.38. The lowest BCUT2D eigenvalue weighted by molar-refractivity contribution is 1.23. The summed E-state index contributed by atoms with van der Waals surface area (Å²) >= 11 is 12.6. The molecule has 4 rings (SSSR count). The zero-order valence-electron chi connectivity index (χ0n) is 12.9. The van der Waals surface area contributed by atoms with Crippen LogP contribution in [-0.2, 0) is 0 Å². The largest absolute Gasteiger partial charge is 0.383 e. The van der Waals surface area contributed by atoms with Crippen LogP contribution in [0, 0.1) is 0 Å². The summed E-state index contributed by atoms with van der Waals surface area (Å²) < 4.78 is 0. The van der Waals surface area contributed by atoms with Crippen LogP contribution in [0.4, 0.5) is 5.82 Å². The third kappa shape index (κ3) is 2.80. The molecule has 0 spiro atoms. The number of benzene rings is 2. The molecule has 2 heterocycles. The fraction of sp³-hybridized carbons (Fsp3) is 0. The van der Waals surface area contributed by atoms with Gasteiger partial charge in [0.05, 0.1) is 21.3 Å². The van der Waals surface area contributed by atoms with E-state index in [9.17, 15) is 0 Å². The van der Waals surface area contributed by atoms with Gasteiger partial charge in [0.2, 0.25) is 0 Å². The van der Waals surface area contributed by atoms with Crippen molar-refractivity contribution in [1.82, 2.24) is 15.0 Å². The van der Waals surface area contributed by atoms with E-state index in [4.69, 9.17) is 28.9 Å². The van der Waals surface area contributed by atoms with Gasteiger partial charge < -0.3 is 5.73 Å². The Morgan fingerprint density at radius 1 is 0.840 bits per heavy atom. The minimum Gasteiger partial charge on any atom is -0.383 e. The van der Waals surface area contributed by atoms with E-state index >= 15 is 0 Å². The van der Waals surface area contributed by atoms with Gasteiger partial charge >= 0.3 is 0 Å². The maximum absolute atomic E-state index is 6.40. The van der Waals surface area contributed by atoms with Gasteiger partial charge in [0, 0.05) is 22.7 Å². The summed E-state index contributed by atoms with van der Waals surface area (Å²) in [6, 6.07) is 15.2. The number of nitrogen functional groups attached to an aromatic ring is 1. The van der Waals surface area contributed by atoms with Gasteiger partial charge in [-0.05, 0) is 29.8 Å². The third-order valence-corrected chi connectivity index (χ3v) is 4.81. The SMILES string of the molecule is Nc1ncnc2ccc(-c3cccnc3-c3cccc(Cl)c3Cl)cc12. The molecule has 0 atom stereocenters. The Labute approximate surface area is 154 Å². The van der Waals surface area contributed by atoms with Gasteiger partial charge in [-0.3, -0.25) is 4.98 Å². The number of nitrogens with two attached hydrogens (primary N) is 1. The van der Waals surface area contributed by atoms with E-state index in [1.165, 1.54) is 6.33 Å².